The zero-order valence-corrected chi connectivity index (χ0v) is 35.0. The van der Waals surface area contributed by atoms with E-state index in [4.69, 9.17) is 23.7 Å². The number of thioether (sulfide) groups is 2. The maximum atomic E-state index is 14.0. The van der Waals surface area contributed by atoms with Crippen molar-refractivity contribution in [3.8, 4) is 0 Å². The summed E-state index contributed by atoms with van der Waals surface area (Å²) in [4.78, 5) is 65.1. The van der Waals surface area contributed by atoms with Crippen LogP contribution in [0.4, 0.5) is 14.5 Å². The summed E-state index contributed by atoms with van der Waals surface area (Å²) in [5, 5.41) is -0.688. The molecule has 1 amide bonds. The molecule has 2 aliphatic rings. The van der Waals surface area contributed by atoms with Gasteiger partial charge in [0.1, 0.15) is 18.2 Å². The lowest BCUT2D eigenvalue weighted by atomic mass is 9.78. The van der Waals surface area contributed by atoms with Gasteiger partial charge in [0.15, 0.2) is 18.3 Å². The minimum atomic E-state index is -1.21. The first kappa shape index (κ1) is 44.3. The summed E-state index contributed by atoms with van der Waals surface area (Å²) >= 11 is 2.57. The average molecular weight is 862 g/mol. The lowest BCUT2D eigenvalue weighted by molar-refractivity contribution is -0.183. The summed E-state index contributed by atoms with van der Waals surface area (Å²) in [6.07, 6.45) is -2.93. The van der Waals surface area contributed by atoms with Gasteiger partial charge in [0.2, 0.25) is 5.91 Å². The molecule has 0 aromatic heterocycles. The Morgan fingerprint density at radius 2 is 1.30 bits per heavy atom. The number of hydrogen-bond donors (Lipinski definition) is 0. The Labute approximate surface area is 355 Å². The molecule has 0 aliphatic carbocycles. The first-order chi connectivity index (χ1) is 28.8. The number of halogens is 2. The molecule has 4 aromatic carbocycles. The Bertz CT molecular complexity index is 2120. The van der Waals surface area contributed by atoms with Gasteiger partial charge in [-0.05, 0) is 78.1 Å². The molecule has 2 saturated heterocycles. The quantitative estimate of drug-likeness (QED) is 0.0610. The molecule has 2 aliphatic heterocycles. The molecular formula is C45H45F2NO10S2. The number of esters is 4. The number of amides is 1. The van der Waals surface area contributed by atoms with Crippen molar-refractivity contribution in [3.63, 3.8) is 0 Å². The lowest BCUT2D eigenvalue weighted by Gasteiger charge is -2.48. The van der Waals surface area contributed by atoms with E-state index in [0.29, 0.717) is 25.1 Å². The van der Waals surface area contributed by atoms with Crippen LogP contribution in [0, 0.1) is 17.6 Å². The molecular weight excluding hydrogens is 817 g/mol. The molecule has 4 aromatic rings. The highest BCUT2D eigenvalue weighted by Crippen LogP contribution is 2.49. The number of ether oxygens (including phenoxy) is 5. The van der Waals surface area contributed by atoms with E-state index < -0.39 is 75.9 Å². The lowest BCUT2D eigenvalue weighted by Crippen LogP contribution is -2.57. The SMILES string of the molecule is CC(=O)OC[C@H]1S[C@@H](Sc2ccc([C@@H]3[C@@H](CC[C@H](OCc4ccccc4)c4ccc(F)cc4)C(=O)N3c3ccc(F)cc3)cc2)[C@H](OC(C)=O)[C@@H](OC(C)=O)[C@@H]1OC(C)=O. The van der Waals surface area contributed by atoms with Crippen molar-refractivity contribution >= 4 is 59.0 Å². The van der Waals surface area contributed by atoms with Gasteiger partial charge in [-0.2, -0.15) is 0 Å². The maximum Gasteiger partial charge on any atom is 0.303 e. The molecule has 60 heavy (non-hydrogen) atoms. The standard InChI is InChI=1S/C45H45F2NO10S2/c1-26(49)54-25-39-41(56-27(2)50)42(57-28(3)51)43(58-29(4)52)45(60-39)59-36-20-12-32(13-21-36)40-37(44(53)48(40)35-18-16-34(47)17-19-35)22-23-38(31-10-14-33(46)15-11-31)55-24-30-8-6-5-7-9-30/h5-21,37-43,45H,22-25H2,1-4H3/t37-,38+,39-,40-,41-,42+,43-,45-/m1/s1. The van der Waals surface area contributed by atoms with E-state index in [0.717, 1.165) is 21.6 Å². The topological polar surface area (TPSA) is 135 Å². The van der Waals surface area contributed by atoms with Crippen molar-refractivity contribution in [2.45, 2.75) is 92.3 Å². The van der Waals surface area contributed by atoms with Gasteiger partial charge in [0, 0.05) is 38.3 Å². The minimum absolute atomic E-state index is 0.133. The van der Waals surface area contributed by atoms with E-state index in [1.807, 2.05) is 54.6 Å². The Hall–Kier alpha value is -5.25. The zero-order valence-electron chi connectivity index (χ0n) is 33.4. The maximum absolute atomic E-state index is 14.0. The van der Waals surface area contributed by atoms with Crippen LogP contribution in [0.2, 0.25) is 0 Å². The predicted octanol–water partition coefficient (Wildman–Crippen LogP) is 8.30. The van der Waals surface area contributed by atoms with Crippen molar-refractivity contribution in [3.05, 3.63) is 131 Å². The average Bonchev–Trinajstić information content (AvgIpc) is 3.21. The number of β-lactam (4-membered cyclic amide) rings is 1. The van der Waals surface area contributed by atoms with Gasteiger partial charge in [-0.3, -0.25) is 24.0 Å². The highest BCUT2D eigenvalue weighted by atomic mass is 32.2. The van der Waals surface area contributed by atoms with E-state index in [9.17, 15) is 32.8 Å². The molecule has 0 saturated carbocycles. The van der Waals surface area contributed by atoms with E-state index in [2.05, 4.69) is 0 Å². The summed E-state index contributed by atoms with van der Waals surface area (Å²) < 4.78 is 56.0. The largest absolute Gasteiger partial charge is 0.465 e. The van der Waals surface area contributed by atoms with Crippen molar-refractivity contribution in [1.29, 1.82) is 0 Å². The minimum Gasteiger partial charge on any atom is -0.465 e. The number of nitrogens with zero attached hydrogens (tertiary/aromatic N) is 1. The second kappa shape index (κ2) is 20.3. The third kappa shape index (κ3) is 11.3. The summed E-state index contributed by atoms with van der Waals surface area (Å²) in [7, 11) is 0. The molecule has 2 heterocycles. The Morgan fingerprint density at radius 1 is 0.717 bits per heavy atom. The first-order valence-corrected chi connectivity index (χ1v) is 21.2. The third-order valence-electron chi connectivity index (χ3n) is 10.0. The number of carbonyl (C=O) groups excluding carboxylic acids is 5. The molecule has 6 rings (SSSR count). The molecule has 11 nitrogen and oxygen atoms in total. The van der Waals surface area contributed by atoms with Gasteiger partial charge in [-0.15, -0.1) is 23.5 Å². The second-order valence-corrected chi connectivity index (χ2v) is 17.3. The molecule has 0 N–H and O–H groups in total. The fourth-order valence-electron chi connectivity index (χ4n) is 7.39. The summed E-state index contributed by atoms with van der Waals surface area (Å²) in [6.45, 7) is 5.00. The second-order valence-electron chi connectivity index (χ2n) is 14.4. The predicted molar refractivity (Wildman–Crippen MR) is 220 cm³/mol. The van der Waals surface area contributed by atoms with E-state index in [1.165, 1.54) is 75.5 Å². The summed E-state index contributed by atoms with van der Waals surface area (Å²) in [5.74, 6) is -3.96. The highest BCUT2D eigenvalue weighted by molar-refractivity contribution is 8.17. The monoisotopic (exact) mass is 861 g/mol. The van der Waals surface area contributed by atoms with E-state index in [1.54, 1.807) is 29.2 Å². The van der Waals surface area contributed by atoms with Crippen molar-refractivity contribution in [1.82, 2.24) is 0 Å². The van der Waals surface area contributed by atoms with Crippen LogP contribution < -0.4 is 4.90 Å². The van der Waals surface area contributed by atoms with Gasteiger partial charge < -0.3 is 28.6 Å². The van der Waals surface area contributed by atoms with Crippen LogP contribution in [0.15, 0.2) is 108 Å². The molecule has 0 spiro atoms. The van der Waals surface area contributed by atoms with Crippen molar-refractivity contribution in [2.75, 3.05) is 11.5 Å². The molecule has 0 unspecified atom stereocenters. The summed E-state index contributed by atoms with van der Waals surface area (Å²) in [6, 6.07) is 28.6. The number of hydrogen-bond acceptors (Lipinski definition) is 12. The number of carbonyl (C=O) groups is 5. The van der Waals surface area contributed by atoms with Crippen LogP contribution in [0.25, 0.3) is 0 Å². The van der Waals surface area contributed by atoms with Crippen LogP contribution in [0.3, 0.4) is 0 Å². The Kier molecular flexibility index (Phi) is 15.0. The fraction of sp³-hybridized carbons (Fsp3) is 0.356. The van der Waals surface area contributed by atoms with Crippen LogP contribution in [-0.2, 0) is 54.3 Å². The van der Waals surface area contributed by atoms with E-state index >= 15 is 0 Å². The molecule has 316 valence electrons. The Balaban J connectivity index is 1.26. The van der Waals surface area contributed by atoms with Crippen molar-refractivity contribution in [2.24, 2.45) is 5.92 Å². The highest BCUT2D eigenvalue weighted by Gasteiger charge is 2.52. The zero-order chi connectivity index (χ0) is 42.9. The van der Waals surface area contributed by atoms with Gasteiger partial charge >= 0.3 is 23.9 Å². The van der Waals surface area contributed by atoms with E-state index in [-0.39, 0.29) is 18.3 Å². The summed E-state index contributed by atoms with van der Waals surface area (Å²) in [5.41, 5.74) is 3.10. The Morgan fingerprint density at radius 3 is 1.90 bits per heavy atom. The van der Waals surface area contributed by atoms with Crippen molar-refractivity contribution < 1.29 is 56.4 Å². The first-order valence-electron chi connectivity index (χ1n) is 19.3. The van der Waals surface area contributed by atoms with Gasteiger partial charge in [0.25, 0.3) is 0 Å². The van der Waals surface area contributed by atoms with Crippen LogP contribution in [0.5, 0.6) is 0 Å². The number of benzene rings is 4. The fourth-order valence-corrected chi connectivity index (χ4v) is 10.5. The van der Waals surface area contributed by atoms with Crippen LogP contribution in [0.1, 0.15) is 69.4 Å². The normalized spacial score (nSPS) is 22.9. The van der Waals surface area contributed by atoms with Gasteiger partial charge in [0.05, 0.1) is 34.5 Å². The van der Waals surface area contributed by atoms with Crippen LogP contribution >= 0.6 is 23.5 Å². The molecule has 0 bridgehead atoms. The molecule has 0 radical (unpaired) electrons. The molecule has 8 atom stereocenters. The van der Waals surface area contributed by atoms with Crippen LogP contribution in [-0.4, -0.2) is 64.5 Å². The number of anilines is 1. The third-order valence-corrected chi connectivity index (χ3v) is 13.0. The molecule has 15 heteroatoms. The smallest absolute Gasteiger partial charge is 0.303 e. The van der Waals surface area contributed by atoms with Gasteiger partial charge in [-0.25, -0.2) is 8.78 Å². The van der Waals surface area contributed by atoms with Gasteiger partial charge in [-0.1, -0.05) is 54.6 Å². The number of rotatable bonds is 16. The molecule has 2 fully saturated rings.